The van der Waals surface area contributed by atoms with Crippen molar-refractivity contribution in [3.8, 4) is 0 Å². The van der Waals surface area contributed by atoms with E-state index in [9.17, 15) is 0 Å². The number of nitrogens with two attached hydrogens (primary N) is 1. The van der Waals surface area contributed by atoms with Crippen molar-refractivity contribution in [2.45, 2.75) is 31.1 Å². The Balaban J connectivity index is 2.22. The van der Waals surface area contributed by atoms with Crippen LogP contribution < -0.4 is 5.73 Å². The highest BCUT2D eigenvalue weighted by atomic mass is 14.8. The molecule has 0 bridgehead atoms. The molecule has 0 aromatic carbocycles. The van der Waals surface area contributed by atoms with Crippen LogP contribution in [-0.4, -0.2) is 16.5 Å². The lowest BCUT2D eigenvalue weighted by Gasteiger charge is -2.41. The van der Waals surface area contributed by atoms with Gasteiger partial charge in [-0.25, -0.2) is 9.97 Å². The first-order valence-electron chi connectivity index (χ1n) is 4.83. The van der Waals surface area contributed by atoms with Gasteiger partial charge in [-0.3, -0.25) is 0 Å². The van der Waals surface area contributed by atoms with Gasteiger partial charge in [0.05, 0.1) is 0 Å². The maximum absolute atomic E-state index is 5.62. The molecule has 1 heterocycles. The summed E-state index contributed by atoms with van der Waals surface area (Å²) >= 11 is 0. The molecule has 1 aromatic heterocycles. The molecule has 2 rings (SSSR count). The van der Waals surface area contributed by atoms with E-state index in [-0.39, 0.29) is 0 Å². The number of hydrogen-bond acceptors (Lipinski definition) is 3. The number of nitrogens with zero attached hydrogens (tertiary/aromatic N) is 2. The Morgan fingerprint density at radius 2 is 2.00 bits per heavy atom. The minimum absolute atomic E-state index is 0.315. The van der Waals surface area contributed by atoms with E-state index in [2.05, 4.69) is 9.97 Å². The van der Waals surface area contributed by atoms with E-state index in [4.69, 9.17) is 5.73 Å². The number of rotatable bonds is 3. The highest BCUT2D eigenvalue weighted by Crippen LogP contribution is 2.45. The third kappa shape index (κ3) is 1.44. The molecule has 1 aliphatic rings. The van der Waals surface area contributed by atoms with Gasteiger partial charge in [-0.15, -0.1) is 0 Å². The van der Waals surface area contributed by atoms with Gasteiger partial charge in [0.2, 0.25) is 0 Å². The fourth-order valence-corrected chi connectivity index (χ4v) is 2.14. The van der Waals surface area contributed by atoms with Crippen molar-refractivity contribution >= 4 is 0 Å². The van der Waals surface area contributed by atoms with Crippen molar-refractivity contribution in [3.63, 3.8) is 0 Å². The molecule has 70 valence electrons. The Morgan fingerprint density at radius 3 is 2.46 bits per heavy atom. The fraction of sp³-hybridized carbons (Fsp3) is 0.600. The van der Waals surface area contributed by atoms with Crippen LogP contribution in [0.15, 0.2) is 18.7 Å². The molecule has 0 aliphatic heterocycles. The summed E-state index contributed by atoms with van der Waals surface area (Å²) in [6, 6.07) is 0. The summed E-state index contributed by atoms with van der Waals surface area (Å²) < 4.78 is 0. The molecule has 1 fully saturated rings. The van der Waals surface area contributed by atoms with Crippen LogP contribution in [-0.2, 0) is 5.41 Å². The monoisotopic (exact) mass is 177 g/mol. The van der Waals surface area contributed by atoms with E-state index in [1.165, 1.54) is 24.8 Å². The lowest BCUT2D eigenvalue weighted by atomic mass is 9.63. The molecule has 3 nitrogen and oxygen atoms in total. The normalized spacial score (nSPS) is 19.5. The van der Waals surface area contributed by atoms with Gasteiger partial charge in [0.1, 0.15) is 6.33 Å². The third-order valence-electron chi connectivity index (χ3n) is 3.11. The molecule has 0 atom stereocenters. The molecule has 0 amide bonds. The second-order valence-electron chi connectivity index (χ2n) is 3.80. The van der Waals surface area contributed by atoms with Crippen LogP contribution in [0.5, 0.6) is 0 Å². The van der Waals surface area contributed by atoms with Crippen molar-refractivity contribution < 1.29 is 0 Å². The molecule has 2 N–H and O–H groups in total. The lowest BCUT2D eigenvalue weighted by molar-refractivity contribution is 0.228. The predicted molar refractivity (Wildman–Crippen MR) is 51.2 cm³/mol. The van der Waals surface area contributed by atoms with Crippen LogP contribution >= 0.6 is 0 Å². The van der Waals surface area contributed by atoms with E-state index >= 15 is 0 Å². The average molecular weight is 177 g/mol. The van der Waals surface area contributed by atoms with Gasteiger partial charge in [-0.2, -0.15) is 0 Å². The molecular formula is C10H15N3. The average Bonchev–Trinajstić information content (AvgIpc) is 2.13. The minimum atomic E-state index is 0.315. The summed E-state index contributed by atoms with van der Waals surface area (Å²) in [5.74, 6) is 0. The van der Waals surface area contributed by atoms with Crippen LogP contribution in [0.25, 0.3) is 0 Å². The number of aromatic nitrogens is 2. The standard InChI is InChI=1S/C10H15N3/c11-5-4-10(2-1-3-10)9-6-12-8-13-7-9/h6-8H,1-5,11H2. The van der Waals surface area contributed by atoms with E-state index in [1.807, 2.05) is 12.4 Å². The SMILES string of the molecule is NCCC1(c2cncnc2)CCC1. The summed E-state index contributed by atoms with van der Waals surface area (Å²) in [5, 5.41) is 0. The summed E-state index contributed by atoms with van der Waals surface area (Å²) in [4.78, 5) is 8.13. The van der Waals surface area contributed by atoms with Gasteiger partial charge in [-0.05, 0) is 36.8 Å². The zero-order valence-electron chi connectivity index (χ0n) is 7.74. The van der Waals surface area contributed by atoms with Crippen molar-refractivity contribution in [1.29, 1.82) is 0 Å². The largest absolute Gasteiger partial charge is 0.330 e. The zero-order valence-corrected chi connectivity index (χ0v) is 7.74. The van der Waals surface area contributed by atoms with Gasteiger partial charge in [-0.1, -0.05) is 6.42 Å². The van der Waals surface area contributed by atoms with Crippen molar-refractivity contribution in [3.05, 3.63) is 24.3 Å². The van der Waals surface area contributed by atoms with Crippen molar-refractivity contribution in [2.75, 3.05) is 6.54 Å². The maximum Gasteiger partial charge on any atom is 0.115 e. The Bertz CT molecular complexity index is 267. The zero-order chi connectivity index (χ0) is 9.15. The van der Waals surface area contributed by atoms with Crippen LogP contribution in [0.1, 0.15) is 31.2 Å². The summed E-state index contributed by atoms with van der Waals surface area (Å²) in [5.41, 5.74) is 7.21. The molecule has 0 spiro atoms. The molecule has 1 aromatic rings. The first kappa shape index (κ1) is 8.63. The molecule has 0 radical (unpaired) electrons. The van der Waals surface area contributed by atoms with Crippen LogP contribution in [0.2, 0.25) is 0 Å². The molecule has 13 heavy (non-hydrogen) atoms. The van der Waals surface area contributed by atoms with Gasteiger partial charge in [0.15, 0.2) is 0 Å². The smallest absolute Gasteiger partial charge is 0.115 e. The molecule has 3 heteroatoms. The molecule has 0 unspecified atom stereocenters. The Hall–Kier alpha value is -0.960. The van der Waals surface area contributed by atoms with Crippen LogP contribution in [0.4, 0.5) is 0 Å². The van der Waals surface area contributed by atoms with Gasteiger partial charge in [0.25, 0.3) is 0 Å². The summed E-state index contributed by atoms with van der Waals surface area (Å²) in [6.45, 7) is 0.759. The maximum atomic E-state index is 5.62. The lowest BCUT2D eigenvalue weighted by Crippen LogP contribution is -2.36. The van der Waals surface area contributed by atoms with Crippen LogP contribution in [0.3, 0.4) is 0 Å². The van der Waals surface area contributed by atoms with Gasteiger partial charge < -0.3 is 5.73 Å². The Kier molecular flexibility index (Phi) is 2.27. The van der Waals surface area contributed by atoms with E-state index < -0.39 is 0 Å². The predicted octanol–water partition coefficient (Wildman–Crippen LogP) is 1.25. The third-order valence-corrected chi connectivity index (χ3v) is 3.11. The molecular weight excluding hydrogens is 162 g/mol. The second-order valence-corrected chi connectivity index (χ2v) is 3.80. The Labute approximate surface area is 78.4 Å². The van der Waals surface area contributed by atoms with Crippen molar-refractivity contribution in [2.24, 2.45) is 5.73 Å². The first-order valence-corrected chi connectivity index (χ1v) is 4.83. The molecule has 1 saturated carbocycles. The Morgan fingerprint density at radius 1 is 1.31 bits per heavy atom. The topological polar surface area (TPSA) is 51.8 Å². The summed E-state index contributed by atoms with van der Waals surface area (Å²) in [7, 11) is 0. The minimum Gasteiger partial charge on any atom is -0.330 e. The van der Waals surface area contributed by atoms with E-state index in [0.29, 0.717) is 5.41 Å². The second kappa shape index (κ2) is 3.42. The highest BCUT2D eigenvalue weighted by Gasteiger charge is 2.38. The fourth-order valence-electron chi connectivity index (χ4n) is 2.14. The van der Waals surface area contributed by atoms with E-state index in [1.54, 1.807) is 6.33 Å². The number of hydrogen-bond donors (Lipinski definition) is 1. The van der Waals surface area contributed by atoms with Crippen LogP contribution in [0, 0.1) is 0 Å². The first-order chi connectivity index (χ1) is 6.37. The van der Waals surface area contributed by atoms with Gasteiger partial charge >= 0.3 is 0 Å². The van der Waals surface area contributed by atoms with Crippen molar-refractivity contribution in [1.82, 2.24) is 9.97 Å². The highest BCUT2D eigenvalue weighted by molar-refractivity contribution is 5.22. The quantitative estimate of drug-likeness (QED) is 0.756. The molecule has 0 saturated heterocycles. The molecule has 1 aliphatic carbocycles. The van der Waals surface area contributed by atoms with Gasteiger partial charge in [0, 0.05) is 12.4 Å². The summed E-state index contributed by atoms with van der Waals surface area (Å²) in [6.07, 6.45) is 10.3. The van der Waals surface area contributed by atoms with E-state index in [0.717, 1.165) is 13.0 Å².